The Bertz CT molecular complexity index is 468. The Morgan fingerprint density at radius 3 is 2.80 bits per heavy atom. The Kier molecular flexibility index (Phi) is 3.27. The van der Waals surface area contributed by atoms with Gasteiger partial charge in [-0.2, -0.15) is 5.26 Å². The molecule has 1 aromatic carbocycles. The average molecular weight is 273 g/mol. The zero-order valence-corrected chi connectivity index (χ0v) is 9.26. The Labute approximate surface area is 93.6 Å². The first-order valence-electron chi connectivity index (χ1n) is 3.78. The minimum absolute atomic E-state index is 0.0600. The van der Waals surface area contributed by atoms with Crippen molar-refractivity contribution in [2.24, 2.45) is 0 Å². The van der Waals surface area contributed by atoms with Crippen molar-refractivity contribution in [1.29, 1.82) is 5.26 Å². The van der Waals surface area contributed by atoms with Crippen LogP contribution in [0.3, 0.4) is 0 Å². The molecule has 0 aliphatic carbocycles. The van der Waals surface area contributed by atoms with E-state index in [0.717, 1.165) is 13.2 Å². The van der Waals surface area contributed by atoms with Gasteiger partial charge in [0.15, 0.2) is 0 Å². The van der Waals surface area contributed by atoms with Gasteiger partial charge in [0.05, 0.1) is 28.4 Å². The molecular weight excluding hydrogens is 267 g/mol. The van der Waals surface area contributed by atoms with Crippen LogP contribution in [0.4, 0.5) is 10.1 Å². The predicted octanol–water partition coefficient (Wildman–Crippen LogP) is 1.83. The number of carbonyl (C=O) groups excluding carboxylic acids is 1. The summed E-state index contributed by atoms with van der Waals surface area (Å²) < 4.78 is 17.6. The number of halogens is 2. The van der Waals surface area contributed by atoms with Crippen LogP contribution in [0.1, 0.15) is 15.9 Å². The number of benzene rings is 1. The molecule has 0 aromatic heterocycles. The van der Waals surface area contributed by atoms with Gasteiger partial charge >= 0.3 is 5.97 Å². The molecule has 0 amide bonds. The molecular formula is C9H6BrFN2O2. The maximum absolute atomic E-state index is 13.2. The minimum atomic E-state index is -0.782. The highest BCUT2D eigenvalue weighted by Crippen LogP contribution is 2.28. The Morgan fingerprint density at radius 1 is 1.73 bits per heavy atom. The van der Waals surface area contributed by atoms with Crippen LogP contribution < -0.4 is 5.73 Å². The second-order valence-corrected chi connectivity index (χ2v) is 3.40. The second-order valence-electron chi connectivity index (χ2n) is 2.61. The van der Waals surface area contributed by atoms with E-state index < -0.39 is 11.8 Å². The third-order valence-corrected chi connectivity index (χ3v) is 2.55. The van der Waals surface area contributed by atoms with Gasteiger partial charge < -0.3 is 10.5 Å². The lowest BCUT2D eigenvalue weighted by atomic mass is 10.1. The fourth-order valence-electron chi connectivity index (χ4n) is 1.03. The van der Waals surface area contributed by atoms with E-state index in [1.165, 1.54) is 0 Å². The molecule has 0 fully saturated rings. The number of rotatable bonds is 1. The summed E-state index contributed by atoms with van der Waals surface area (Å²) in [6.45, 7) is 0. The van der Waals surface area contributed by atoms with Gasteiger partial charge in [-0.15, -0.1) is 0 Å². The smallest absolute Gasteiger partial charge is 0.340 e. The number of carbonyl (C=O) groups is 1. The Morgan fingerprint density at radius 2 is 2.33 bits per heavy atom. The number of nitrogens with two attached hydrogens (primary N) is 1. The van der Waals surface area contributed by atoms with E-state index in [4.69, 9.17) is 11.0 Å². The zero-order valence-electron chi connectivity index (χ0n) is 7.67. The van der Waals surface area contributed by atoms with Gasteiger partial charge in [-0.25, -0.2) is 9.18 Å². The number of hydrogen-bond acceptors (Lipinski definition) is 4. The van der Waals surface area contributed by atoms with Crippen LogP contribution in [0.2, 0.25) is 0 Å². The number of ether oxygens (including phenoxy) is 1. The molecule has 0 bridgehead atoms. The Balaban J connectivity index is 3.52. The molecule has 15 heavy (non-hydrogen) atoms. The van der Waals surface area contributed by atoms with Gasteiger partial charge in [0.2, 0.25) is 0 Å². The summed E-state index contributed by atoms with van der Waals surface area (Å²) in [5.74, 6) is -1.52. The number of nitriles is 1. The number of nitrogen functional groups attached to an aromatic ring is 1. The summed E-state index contributed by atoms with van der Waals surface area (Å²) >= 11 is 2.87. The summed E-state index contributed by atoms with van der Waals surface area (Å²) in [6.07, 6.45) is 0. The van der Waals surface area contributed by atoms with Crippen LogP contribution in [0.5, 0.6) is 0 Å². The molecule has 0 radical (unpaired) electrons. The molecule has 4 nitrogen and oxygen atoms in total. The molecule has 0 atom stereocenters. The van der Waals surface area contributed by atoms with Crippen LogP contribution in [0.15, 0.2) is 10.5 Å². The third kappa shape index (κ3) is 1.92. The maximum atomic E-state index is 13.2. The minimum Gasteiger partial charge on any atom is -0.465 e. The summed E-state index contributed by atoms with van der Waals surface area (Å²) in [6, 6.07) is 2.63. The van der Waals surface area contributed by atoms with Crippen molar-refractivity contribution in [2.75, 3.05) is 12.8 Å². The molecule has 1 rings (SSSR count). The summed E-state index contributed by atoms with van der Waals surface area (Å²) in [7, 11) is 1.15. The van der Waals surface area contributed by atoms with Crippen molar-refractivity contribution in [3.8, 4) is 6.07 Å². The zero-order chi connectivity index (χ0) is 11.6. The number of esters is 1. The van der Waals surface area contributed by atoms with Gasteiger partial charge in [0, 0.05) is 0 Å². The standard InChI is InChI=1S/C9H6BrFN2O2/c1-15-9(14)4-2-6(11)7(10)5(3-12)8(4)13/h2H,13H2,1H3. The molecule has 78 valence electrons. The topological polar surface area (TPSA) is 76.1 Å². The number of anilines is 1. The van der Waals surface area contributed by atoms with Crippen molar-refractivity contribution in [2.45, 2.75) is 0 Å². The summed E-state index contributed by atoms with van der Waals surface area (Å²) in [4.78, 5) is 11.2. The van der Waals surface area contributed by atoms with Crippen LogP contribution in [0, 0.1) is 17.1 Å². The van der Waals surface area contributed by atoms with Gasteiger partial charge in [-0.1, -0.05) is 0 Å². The summed E-state index contributed by atoms with van der Waals surface area (Å²) in [5, 5.41) is 8.72. The normalized spacial score (nSPS) is 9.47. The lowest BCUT2D eigenvalue weighted by molar-refractivity contribution is 0.0601. The van der Waals surface area contributed by atoms with E-state index in [9.17, 15) is 9.18 Å². The highest BCUT2D eigenvalue weighted by molar-refractivity contribution is 9.10. The molecule has 0 heterocycles. The first-order chi connectivity index (χ1) is 7.02. The second kappa shape index (κ2) is 4.28. The number of hydrogen-bond donors (Lipinski definition) is 1. The molecule has 0 saturated heterocycles. The van der Waals surface area contributed by atoms with Crippen LogP contribution >= 0.6 is 15.9 Å². The van der Waals surface area contributed by atoms with Gasteiger partial charge in [-0.3, -0.25) is 0 Å². The van der Waals surface area contributed by atoms with Crippen LogP contribution in [-0.4, -0.2) is 13.1 Å². The van der Waals surface area contributed by atoms with E-state index in [1.54, 1.807) is 6.07 Å². The fourth-order valence-corrected chi connectivity index (χ4v) is 1.45. The van der Waals surface area contributed by atoms with Crippen molar-refractivity contribution >= 4 is 27.6 Å². The molecule has 6 heteroatoms. The molecule has 0 aliphatic rings. The van der Waals surface area contributed by atoms with E-state index in [2.05, 4.69) is 20.7 Å². The summed E-state index contributed by atoms with van der Waals surface area (Å²) in [5.41, 5.74) is 5.15. The Hall–Kier alpha value is -1.61. The first-order valence-corrected chi connectivity index (χ1v) is 4.58. The number of methoxy groups -OCH3 is 1. The average Bonchev–Trinajstić information content (AvgIpc) is 2.23. The molecule has 0 unspecified atom stereocenters. The van der Waals surface area contributed by atoms with Crippen molar-refractivity contribution < 1.29 is 13.9 Å². The van der Waals surface area contributed by atoms with E-state index in [0.29, 0.717) is 0 Å². The largest absolute Gasteiger partial charge is 0.465 e. The number of nitrogens with zero attached hydrogens (tertiary/aromatic N) is 1. The highest BCUT2D eigenvalue weighted by atomic mass is 79.9. The third-order valence-electron chi connectivity index (χ3n) is 1.78. The molecule has 0 spiro atoms. The predicted molar refractivity (Wildman–Crippen MR) is 54.6 cm³/mol. The van der Waals surface area contributed by atoms with E-state index >= 15 is 0 Å². The van der Waals surface area contributed by atoms with E-state index in [-0.39, 0.29) is 21.3 Å². The van der Waals surface area contributed by atoms with Crippen molar-refractivity contribution in [1.82, 2.24) is 0 Å². The van der Waals surface area contributed by atoms with Crippen LogP contribution in [-0.2, 0) is 4.74 Å². The molecule has 0 aliphatic heterocycles. The highest BCUT2D eigenvalue weighted by Gasteiger charge is 2.19. The first kappa shape index (κ1) is 11.5. The lowest BCUT2D eigenvalue weighted by Crippen LogP contribution is -2.08. The van der Waals surface area contributed by atoms with Crippen LogP contribution in [0.25, 0.3) is 0 Å². The van der Waals surface area contributed by atoms with Crippen molar-refractivity contribution in [3.63, 3.8) is 0 Å². The SMILES string of the molecule is COC(=O)c1cc(F)c(Br)c(C#N)c1N. The van der Waals surface area contributed by atoms with Crippen molar-refractivity contribution in [3.05, 3.63) is 27.5 Å². The monoisotopic (exact) mass is 272 g/mol. The molecule has 0 saturated carbocycles. The van der Waals surface area contributed by atoms with E-state index in [1.807, 2.05) is 0 Å². The fraction of sp³-hybridized carbons (Fsp3) is 0.111. The van der Waals surface area contributed by atoms with Gasteiger partial charge in [0.25, 0.3) is 0 Å². The lowest BCUT2D eigenvalue weighted by Gasteiger charge is -2.07. The quantitative estimate of drug-likeness (QED) is 0.625. The maximum Gasteiger partial charge on any atom is 0.340 e. The molecule has 1 aromatic rings. The van der Waals surface area contributed by atoms with Gasteiger partial charge in [-0.05, 0) is 22.0 Å². The van der Waals surface area contributed by atoms with Gasteiger partial charge in [0.1, 0.15) is 11.9 Å². The molecule has 2 N–H and O–H groups in total.